The Morgan fingerprint density at radius 1 is 1.12 bits per heavy atom. The molecular weight excluding hydrogens is 426 g/mol. The van der Waals surface area contributed by atoms with Gasteiger partial charge in [-0.1, -0.05) is 13.3 Å². The van der Waals surface area contributed by atoms with Crippen molar-refractivity contribution in [3.8, 4) is 0 Å². The number of hydrogen-bond acceptors (Lipinski definition) is 7. The number of ether oxygens (including phenoxy) is 2. The summed E-state index contributed by atoms with van der Waals surface area (Å²) in [6, 6.07) is 3.97. The zero-order valence-corrected chi connectivity index (χ0v) is 20.0. The number of hydrogen-bond donors (Lipinski definition) is 1. The highest BCUT2D eigenvalue weighted by Gasteiger charge is 2.47. The van der Waals surface area contributed by atoms with E-state index in [9.17, 15) is 14.4 Å². The molecule has 0 saturated heterocycles. The molecule has 32 heavy (non-hydrogen) atoms. The molecule has 6 nitrogen and oxygen atoms in total. The van der Waals surface area contributed by atoms with Gasteiger partial charge in [0.1, 0.15) is 12.0 Å². The summed E-state index contributed by atoms with van der Waals surface area (Å²) in [5.41, 5.74) is 2.49. The number of carbonyl (C=O) groups is 3. The van der Waals surface area contributed by atoms with Crippen LogP contribution in [0.3, 0.4) is 0 Å². The highest BCUT2D eigenvalue weighted by Crippen LogP contribution is 2.47. The van der Waals surface area contributed by atoms with Gasteiger partial charge < -0.3 is 14.8 Å². The van der Waals surface area contributed by atoms with Crippen LogP contribution < -0.4 is 5.32 Å². The number of allylic oxidation sites excluding steroid dienone is 3. The van der Waals surface area contributed by atoms with Crippen LogP contribution >= 0.6 is 11.3 Å². The van der Waals surface area contributed by atoms with Gasteiger partial charge >= 0.3 is 11.9 Å². The van der Waals surface area contributed by atoms with E-state index >= 15 is 0 Å². The lowest BCUT2D eigenvalue weighted by molar-refractivity contribution is -0.151. The van der Waals surface area contributed by atoms with E-state index < -0.39 is 17.8 Å². The zero-order valence-electron chi connectivity index (χ0n) is 19.2. The summed E-state index contributed by atoms with van der Waals surface area (Å²) in [4.78, 5) is 41.6. The number of ketones is 1. The van der Waals surface area contributed by atoms with Gasteiger partial charge in [0.2, 0.25) is 0 Å². The predicted molar refractivity (Wildman–Crippen MR) is 122 cm³/mol. The number of rotatable bonds is 4. The van der Waals surface area contributed by atoms with Crippen LogP contribution in [0.1, 0.15) is 68.0 Å². The monoisotopic (exact) mass is 457 g/mol. The fourth-order valence-electron chi connectivity index (χ4n) is 5.24. The molecule has 0 amide bonds. The van der Waals surface area contributed by atoms with E-state index in [4.69, 9.17) is 9.47 Å². The third-order valence-corrected chi connectivity index (χ3v) is 7.90. The van der Waals surface area contributed by atoms with Crippen LogP contribution in [0.15, 0.2) is 34.7 Å². The first-order valence-corrected chi connectivity index (χ1v) is 12.2. The van der Waals surface area contributed by atoms with Crippen LogP contribution in [-0.4, -0.2) is 30.9 Å². The normalized spacial score (nSPS) is 26.5. The van der Waals surface area contributed by atoms with Crippen molar-refractivity contribution in [2.24, 2.45) is 11.8 Å². The van der Waals surface area contributed by atoms with E-state index in [1.54, 1.807) is 11.3 Å². The Morgan fingerprint density at radius 2 is 1.84 bits per heavy atom. The van der Waals surface area contributed by atoms with Crippen LogP contribution in [0.5, 0.6) is 0 Å². The third-order valence-electron chi connectivity index (χ3n) is 6.83. The van der Waals surface area contributed by atoms with Gasteiger partial charge in [-0.3, -0.25) is 9.59 Å². The number of esters is 2. The Morgan fingerprint density at radius 3 is 2.47 bits per heavy atom. The van der Waals surface area contributed by atoms with Crippen LogP contribution in [0.4, 0.5) is 0 Å². The van der Waals surface area contributed by atoms with Crippen molar-refractivity contribution in [2.75, 3.05) is 7.11 Å². The Hall–Kier alpha value is -2.41. The molecule has 3 atom stereocenters. The summed E-state index contributed by atoms with van der Waals surface area (Å²) in [5, 5.41) is 3.32. The van der Waals surface area contributed by atoms with Crippen molar-refractivity contribution in [1.82, 2.24) is 5.32 Å². The minimum absolute atomic E-state index is 0.0810. The van der Waals surface area contributed by atoms with Crippen LogP contribution in [0, 0.1) is 18.8 Å². The molecule has 7 heteroatoms. The van der Waals surface area contributed by atoms with Crippen molar-refractivity contribution >= 4 is 29.1 Å². The van der Waals surface area contributed by atoms with Crippen LogP contribution in [-0.2, 0) is 23.9 Å². The third kappa shape index (κ3) is 4.15. The molecule has 1 fully saturated rings. The van der Waals surface area contributed by atoms with E-state index in [2.05, 4.69) is 5.32 Å². The molecule has 4 rings (SSSR count). The number of Topliss-reactive ketones (excluding diaryl/α,β-unsaturated/α-hetero) is 1. The Labute approximate surface area is 193 Å². The molecule has 2 aliphatic carbocycles. The first-order valence-electron chi connectivity index (χ1n) is 11.4. The molecule has 0 radical (unpaired) electrons. The van der Waals surface area contributed by atoms with Crippen molar-refractivity contribution in [3.05, 3.63) is 44.4 Å². The zero-order chi connectivity index (χ0) is 23.0. The number of dihydropyridines is 1. The smallest absolute Gasteiger partial charge is 0.337 e. The first kappa shape index (κ1) is 22.8. The number of nitrogens with one attached hydrogen (secondary N) is 1. The maximum absolute atomic E-state index is 13.7. The van der Waals surface area contributed by atoms with E-state index in [-0.39, 0.29) is 23.8 Å². The molecule has 1 N–H and O–H groups in total. The number of carbonyl (C=O) groups excluding carboxylic acids is 3. The SMILES string of the molecule is COC(=O)[C@H]1C(=O)C2=C(C[C@@H]1C)NC(C)=C(C(=O)OC1CCCCC1)[C@@H]2c1ccc(C)s1. The van der Waals surface area contributed by atoms with Gasteiger partial charge in [-0.05, 0) is 64.0 Å². The summed E-state index contributed by atoms with van der Waals surface area (Å²) < 4.78 is 10.9. The molecule has 0 spiro atoms. The van der Waals surface area contributed by atoms with Crippen molar-refractivity contribution < 1.29 is 23.9 Å². The Balaban J connectivity index is 1.75. The number of aryl methyl sites for hydroxylation is 1. The summed E-state index contributed by atoms with van der Waals surface area (Å²) >= 11 is 1.57. The van der Waals surface area contributed by atoms with Crippen molar-refractivity contribution in [2.45, 2.75) is 71.3 Å². The molecule has 0 bridgehead atoms. The van der Waals surface area contributed by atoms with Crippen LogP contribution in [0.2, 0.25) is 0 Å². The second-order valence-electron chi connectivity index (χ2n) is 9.15. The average Bonchev–Trinajstić information content (AvgIpc) is 3.19. The van der Waals surface area contributed by atoms with Gasteiger partial charge in [0.25, 0.3) is 0 Å². The second kappa shape index (κ2) is 9.22. The first-order chi connectivity index (χ1) is 15.3. The molecule has 1 aromatic heterocycles. The summed E-state index contributed by atoms with van der Waals surface area (Å²) in [6.07, 6.45) is 5.52. The molecule has 2 heterocycles. The Kier molecular flexibility index (Phi) is 6.56. The van der Waals surface area contributed by atoms with E-state index in [0.717, 1.165) is 46.8 Å². The van der Waals surface area contributed by atoms with Crippen molar-refractivity contribution in [1.29, 1.82) is 0 Å². The second-order valence-corrected chi connectivity index (χ2v) is 10.5. The van der Waals surface area contributed by atoms with E-state index in [1.807, 2.05) is 32.9 Å². The van der Waals surface area contributed by atoms with E-state index in [0.29, 0.717) is 17.6 Å². The molecule has 3 aliphatic rings. The van der Waals surface area contributed by atoms with Gasteiger partial charge in [-0.25, -0.2) is 4.79 Å². The summed E-state index contributed by atoms with van der Waals surface area (Å²) in [6.45, 7) is 5.76. The standard InChI is InChI=1S/C25H31NO5S/c1-13-12-17-21(23(27)19(13)24(28)30-4)22(18-11-10-14(2)32-18)20(15(3)26-17)25(29)31-16-8-6-5-7-9-16/h10-11,13,16,19,22,26H,5-9,12H2,1-4H3/t13-,19+,22-/m0/s1. The van der Waals surface area contributed by atoms with Crippen LogP contribution in [0.25, 0.3) is 0 Å². The van der Waals surface area contributed by atoms with E-state index in [1.165, 1.54) is 13.5 Å². The predicted octanol–water partition coefficient (Wildman–Crippen LogP) is 4.55. The number of methoxy groups -OCH3 is 1. The maximum atomic E-state index is 13.7. The topological polar surface area (TPSA) is 81.7 Å². The fourth-order valence-corrected chi connectivity index (χ4v) is 6.24. The minimum Gasteiger partial charge on any atom is -0.468 e. The molecule has 172 valence electrons. The van der Waals surface area contributed by atoms with Gasteiger partial charge in [0, 0.05) is 26.7 Å². The molecule has 0 unspecified atom stereocenters. The van der Waals surface area contributed by atoms with Gasteiger partial charge in [0.15, 0.2) is 5.78 Å². The lowest BCUT2D eigenvalue weighted by Crippen LogP contribution is -2.43. The van der Waals surface area contributed by atoms with Crippen molar-refractivity contribution in [3.63, 3.8) is 0 Å². The van der Waals surface area contributed by atoms with Gasteiger partial charge in [-0.15, -0.1) is 11.3 Å². The lowest BCUT2D eigenvalue weighted by atomic mass is 9.70. The maximum Gasteiger partial charge on any atom is 0.337 e. The molecular formula is C25H31NO5S. The largest absolute Gasteiger partial charge is 0.468 e. The minimum atomic E-state index is -0.863. The molecule has 1 saturated carbocycles. The quantitative estimate of drug-likeness (QED) is 0.528. The highest BCUT2D eigenvalue weighted by molar-refractivity contribution is 7.12. The summed E-state index contributed by atoms with van der Waals surface area (Å²) in [5.74, 6) is -2.73. The highest BCUT2D eigenvalue weighted by atomic mass is 32.1. The molecule has 0 aromatic carbocycles. The lowest BCUT2D eigenvalue weighted by Gasteiger charge is -2.38. The number of thiophene rings is 1. The molecule has 1 aromatic rings. The fraction of sp³-hybridized carbons (Fsp3) is 0.560. The average molecular weight is 458 g/mol. The molecule has 1 aliphatic heterocycles. The summed E-state index contributed by atoms with van der Waals surface area (Å²) in [7, 11) is 1.31. The Bertz CT molecular complexity index is 998. The van der Waals surface area contributed by atoms with Gasteiger partial charge in [-0.2, -0.15) is 0 Å². The van der Waals surface area contributed by atoms with Gasteiger partial charge in [0.05, 0.1) is 18.6 Å².